The highest BCUT2D eigenvalue weighted by atomic mass is 16.2. The number of benzene rings is 1. The summed E-state index contributed by atoms with van der Waals surface area (Å²) in [5.41, 5.74) is 4.54. The van der Waals surface area contributed by atoms with E-state index in [0.717, 1.165) is 36.9 Å². The van der Waals surface area contributed by atoms with Gasteiger partial charge in [-0.25, -0.2) is 0 Å². The first kappa shape index (κ1) is 23.6. The van der Waals surface area contributed by atoms with Gasteiger partial charge in [-0.2, -0.15) is 5.10 Å². The maximum absolute atomic E-state index is 13.4. The van der Waals surface area contributed by atoms with E-state index in [1.54, 1.807) is 4.90 Å². The normalized spacial score (nSPS) is 22.5. The van der Waals surface area contributed by atoms with Gasteiger partial charge in [0.2, 0.25) is 0 Å². The van der Waals surface area contributed by atoms with Crippen LogP contribution in [0.25, 0.3) is 0 Å². The van der Waals surface area contributed by atoms with Crippen LogP contribution < -0.4 is 5.32 Å². The molecule has 1 amide bonds. The van der Waals surface area contributed by atoms with Crippen molar-refractivity contribution in [2.45, 2.75) is 82.3 Å². The largest absolute Gasteiger partial charge is 0.336 e. The average molecular weight is 464 g/mol. The summed E-state index contributed by atoms with van der Waals surface area (Å²) in [7, 11) is 3.88. The molecule has 1 aliphatic heterocycles. The number of aromatic nitrogens is 2. The number of amides is 1. The van der Waals surface area contributed by atoms with E-state index in [1.807, 2.05) is 37.0 Å². The first-order valence-corrected chi connectivity index (χ1v) is 13.4. The molecular formula is C28H41N5O. The minimum absolute atomic E-state index is 0.0296. The van der Waals surface area contributed by atoms with Crippen molar-refractivity contribution in [3.63, 3.8) is 0 Å². The van der Waals surface area contributed by atoms with E-state index in [9.17, 15) is 4.79 Å². The lowest BCUT2D eigenvalue weighted by molar-refractivity contribution is 0.0667. The molecule has 6 heteroatoms. The van der Waals surface area contributed by atoms with Gasteiger partial charge in [-0.1, -0.05) is 49.6 Å². The third-order valence-electron chi connectivity index (χ3n) is 8.55. The van der Waals surface area contributed by atoms with Crippen molar-refractivity contribution in [1.82, 2.24) is 24.9 Å². The zero-order valence-electron chi connectivity index (χ0n) is 21.1. The van der Waals surface area contributed by atoms with Gasteiger partial charge in [0.05, 0.1) is 0 Å². The van der Waals surface area contributed by atoms with Crippen LogP contribution in [-0.4, -0.2) is 63.8 Å². The minimum Gasteiger partial charge on any atom is -0.336 e. The molecule has 3 aliphatic rings. The minimum atomic E-state index is 0.0296. The van der Waals surface area contributed by atoms with E-state index >= 15 is 0 Å². The third-order valence-corrected chi connectivity index (χ3v) is 8.55. The van der Waals surface area contributed by atoms with Crippen LogP contribution in [-0.2, 0) is 26.4 Å². The highest BCUT2D eigenvalue weighted by Gasteiger charge is 2.40. The zero-order valence-corrected chi connectivity index (χ0v) is 21.1. The van der Waals surface area contributed by atoms with Gasteiger partial charge in [0.1, 0.15) is 0 Å². The number of nitrogens with zero attached hydrogens (tertiary/aromatic N) is 4. The second kappa shape index (κ2) is 10.2. The van der Waals surface area contributed by atoms with Gasteiger partial charge in [0.25, 0.3) is 5.91 Å². The number of carbonyl (C=O) groups excluding carboxylic acids is 1. The van der Waals surface area contributed by atoms with Gasteiger partial charge in [0.15, 0.2) is 5.69 Å². The first-order valence-electron chi connectivity index (χ1n) is 13.4. The van der Waals surface area contributed by atoms with Crippen LogP contribution in [0.2, 0.25) is 0 Å². The topological polar surface area (TPSA) is 53.4 Å². The average Bonchev–Trinajstić information content (AvgIpc) is 3.49. The number of fused-ring (bicyclic) bond motifs is 1. The molecule has 1 atom stereocenters. The molecule has 0 radical (unpaired) electrons. The fourth-order valence-electron chi connectivity index (χ4n) is 6.59. The molecule has 2 heterocycles. The van der Waals surface area contributed by atoms with Crippen molar-refractivity contribution in [3.8, 4) is 0 Å². The van der Waals surface area contributed by atoms with Crippen molar-refractivity contribution < 1.29 is 4.79 Å². The molecule has 1 N–H and O–H groups in total. The predicted octanol–water partition coefficient (Wildman–Crippen LogP) is 3.94. The molecule has 0 bridgehead atoms. The lowest BCUT2D eigenvalue weighted by Gasteiger charge is -2.44. The smallest absolute Gasteiger partial charge is 0.274 e. The second-order valence-corrected chi connectivity index (χ2v) is 10.8. The van der Waals surface area contributed by atoms with E-state index in [0.29, 0.717) is 23.8 Å². The SMILES string of the molecule is CN(Cc1ccccc1)C(=O)c1nn(C)c2c1C[C@H](NCC1(N3CCCCC3)CCCC1)CC2. The number of hydrogen-bond acceptors (Lipinski definition) is 4. The number of nitrogens with one attached hydrogen (secondary N) is 1. The Bertz CT molecular complexity index is 972. The van der Waals surface area contributed by atoms with E-state index in [4.69, 9.17) is 5.10 Å². The molecule has 2 aromatic rings. The zero-order chi connectivity index (χ0) is 23.5. The number of piperidine rings is 1. The standard InChI is InChI=1S/C28H41N5O/c1-31(20-22-11-5-3-6-12-22)27(34)26-24-19-23(13-14-25(24)32(2)30-26)29-21-28(15-7-8-16-28)33-17-9-4-10-18-33/h3,5-6,11-12,23,29H,4,7-10,13-21H2,1-2H3/t23-/m1/s1. The van der Waals surface area contributed by atoms with E-state index in [2.05, 4.69) is 22.3 Å². The monoisotopic (exact) mass is 463 g/mol. The molecule has 5 rings (SSSR count). The Balaban J connectivity index is 1.26. The Labute approximate surface area is 204 Å². The molecule has 0 unspecified atom stereocenters. The van der Waals surface area contributed by atoms with Crippen molar-refractivity contribution in [2.24, 2.45) is 7.05 Å². The number of hydrogen-bond donors (Lipinski definition) is 1. The van der Waals surface area contributed by atoms with Crippen molar-refractivity contribution >= 4 is 5.91 Å². The molecule has 0 spiro atoms. The Morgan fingerprint density at radius 2 is 1.85 bits per heavy atom. The van der Waals surface area contributed by atoms with Crippen LogP contribution >= 0.6 is 0 Å². The van der Waals surface area contributed by atoms with Crippen LogP contribution in [0.5, 0.6) is 0 Å². The van der Waals surface area contributed by atoms with Crippen LogP contribution in [0.15, 0.2) is 30.3 Å². The van der Waals surface area contributed by atoms with Crippen LogP contribution in [0, 0.1) is 0 Å². The molecule has 2 aliphatic carbocycles. The van der Waals surface area contributed by atoms with E-state index in [1.165, 1.54) is 63.7 Å². The molecule has 6 nitrogen and oxygen atoms in total. The molecule has 34 heavy (non-hydrogen) atoms. The highest BCUT2D eigenvalue weighted by Crippen LogP contribution is 2.37. The molecular weight excluding hydrogens is 422 g/mol. The van der Waals surface area contributed by atoms with Crippen LogP contribution in [0.3, 0.4) is 0 Å². The predicted molar refractivity (Wildman–Crippen MR) is 136 cm³/mol. The molecule has 1 saturated heterocycles. The van der Waals surface area contributed by atoms with Crippen molar-refractivity contribution in [2.75, 3.05) is 26.7 Å². The summed E-state index contributed by atoms with van der Waals surface area (Å²) in [5, 5.41) is 8.69. The summed E-state index contributed by atoms with van der Waals surface area (Å²) in [5.74, 6) is 0.0296. The first-order chi connectivity index (χ1) is 16.6. The number of carbonyl (C=O) groups is 1. The summed E-state index contributed by atoms with van der Waals surface area (Å²) in [6, 6.07) is 10.6. The molecule has 1 saturated carbocycles. The van der Waals surface area contributed by atoms with Gasteiger partial charge >= 0.3 is 0 Å². The molecule has 184 valence electrons. The summed E-state index contributed by atoms with van der Waals surface area (Å²) in [6.07, 6.45) is 12.5. The Morgan fingerprint density at radius 1 is 1.12 bits per heavy atom. The quantitative estimate of drug-likeness (QED) is 0.676. The maximum atomic E-state index is 13.4. The van der Waals surface area contributed by atoms with Gasteiger partial charge in [-0.15, -0.1) is 0 Å². The summed E-state index contributed by atoms with van der Waals surface area (Å²) in [6.45, 7) is 4.23. The molecule has 2 fully saturated rings. The van der Waals surface area contributed by atoms with Crippen LogP contribution in [0.4, 0.5) is 0 Å². The lowest BCUT2D eigenvalue weighted by atomic mass is 9.88. The third kappa shape index (κ3) is 4.80. The van der Waals surface area contributed by atoms with E-state index < -0.39 is 0 Å². The number of rotatable bonds is 7. The molecule has 1 aromatic heterocycles. The molecule has 1 aromatic carbocycles. The summed E-state index contributed by atoms with van der Waals surface area (Å²) in [4.78, 5) is 18.0. The number of likely N-dealkylation sites (tertiary alicyclic amines) is 1. The fourth-order valence-corrected chi connectivity index (χ4v) is 6.59. The summed E-state index contributed by atoms with van der Waals surface area (Å²) < 4.78 is 1.95. The lowest BCUT2D eigenvalue weighted by Crippen LogP contribution is -2.56. The van der Waals surface area contributed by atoms with Crippen molar-refractivity contribution in [1.29, 1.82) is 0 Å². The summed E-state index contributed by atoms with van der Waals surface area (Å²) >= 11 is 0. The van der Waals surface area contributed by atoms with Crippen LogP contribution in [0.1, 0.15) is 78.7 Å². The Morgan fingerprint density at radius 3 is 2.59 bits per heavy atom. The Kier molecular flexibility index (Phi) is 7.07. The fraction of sp³-hybridized carbons (Fsp3) is 0.643. The van der Waals surface area contributed by atoms with Gasteiger partial charge < -0.3 is 10.2 Å². The van der Waals surface area contributed by atoms with Gasteiger partial charge in [0, 0.05) is 50.0 Å². The van der Waals surface area contributed by atoms with Crippen molar-refractivity contribution in [3.05, 3.63) is 52.8 Å². The Hall–Kier alpha value is -2.18. The highest BCUT2D eigenvalue weighted by molar-refractivity contribution is 5.94. The maximum Gasteiger partial charge on any atom is 0.274 e. The van der Waals surface area contributed by atoms with Gasteiger partial charge in [-0.3, -0.25) is 14.4 Å². The van der Waals surface area contributed by atoms with Gasteiger partial charge in [-0.05, 0) is 63.6 Å². The second-order valence-electron chi connectivity index (χ2n) is 10.8. The van der Waals surface area contributed by atoms with E-state index in [-0.39, 0.29) is 5.91 Å². The number of aryl methyl sites for hydroxylation is 1.